The van der Waals surface area contributed by atoms with Crippen LogP contribution in [0.4, 0.5) is 5.69 Å². The number of hydrogen-bond donors (Lipinski definition) is 4. The van der Waals surface area contributed by atoms with Crippen molar-refractivity contribution in [2.24, 2.45) is 0 Å². The van der Waals surface area contributed by atoms with Gasteiger partial charge in [0.1, 0.15) is 11.4 Å². The van der Waals surface area contributed by atoms with Gasteiger partial charge in [-0.2, -0.15) is 16.8 Å². The van der Waals surface area contributed by atoms with Gasteiger partial charge in [0.15, 0.2) is 6.54 Å². The summed E-state index contributed by atoms with van der Waals surface area (Å²) in [5, 5.41) is 14.7. The third kappa shape index (κ3) is 7.23. The molecule has 13 heteroatoms. The Labute approximate surface area is 275 Å². The molecule has 4 N–H and O–H groups in total. The van der Waals surface area contributed by atoms with Crippen molar-refractivity contribution in [1.82, 2.24) is 9.89 Å². The number of carbonyl (C=O) groups is 1. The summed E-state index contributed by atoms with van der Waals surface area (Å²) >= 11 is 0. The Morgan fingerprint density at radius 1 is 0.936 bits per heavy atom. The second kappa shape index (κ2) is 13.0. The van der Waals surface area contributed by atoms with Crippen molar-refractivity contribution in [3.63, 3.8) is 0 Å². The van der Waals surface area contributed by atoms with E-state index in [1.54, 1.807) is 0 Å². The van der Waals surface area contributed by atoms with Crippen molar-refractivity contribution in [1.29, 1.82) is 0 Å². The molecule has 0 radical (unpaired) electrons. The summed E-state index contributed by atoms with van der Waals surface area (Å²) in [6, 6.07) is 14.1. The Morgan fingerprint density at radius 3 is 2.34 bits per heavy atom. The quantitative estimate of drug-likeness (QED) is 0.127. The lowest BCUT2D eigenvalue weighted by Crippen LogP contribution is -2.44. The van der Waals surface area contributed by atoms with Gasteiger partial charge in [0.25, 0.3) is 20.2 Å². The monoisotopic (exact) mass is 684 g/mol. The highest BCUT2D eigenvalue weighted by atomic mass is 32.2. The van der Waals surface area contributed by atoms with Gasteiger partial charge in [-0.15, -0.1) is 0 Å². The van der Waals surface area contributed by atoms with Crippen LogP contribution in [-0.2, 0) is 43.4 Å². The number of unbranched alkanes of at least 4 members (excludes halogenated alkanes) is 2. The highest BCUT2D eigenvalue weighted by molar-refractivity contribution is 7.86. The fourth-order valence-corrected chi connectivity index (χ4v) is 8.01. The maximum absolute atomic E-state index is 12.3. The van der Waals surface area contributed by atoms with E-state index in [1.807, 2.05) is 18.7 Å². The minimum Gasteiger partial charge on any atom is -0.481 e. The molecule has 47 heavy (non-hydrogen) atoms. The summed E-state index contributed by atoms with van der Waals surface area (Å²) < 4.78 is 69.6. The molecule has 2 aliphatic rings. The molecule has 252 valence electrons. The lowest BCUT2D eigenvalue weighted by molar-refractivity contribution is -0.137. The minimum absolute atomic E-state index is 0.0968. The Kier molecular flexibility index (Phi) is 9.57. The van der Waals surface area contributed by atoms with Crippen LogP contribution in [0.5, 0.6) is 0 Å². The first-order valence-electron chi connectivity index (χ1n) is 15.6. The van der Waals surface area contributed by atoms with E-state index in [9.17, 15) is 30.7 Å². The SMILES string of the molecule is CN(C)c1ccc2c(c1)C(C)(C)c1cc3c(cc1=C2NCCCCCC(=O)O)CCC[N+]=3Cc1ccc(S(=O)(=O)O)cc1S(=O)(=O)O. The predicted molar refractivity (Wildman–Crippen MR) is 179 cm³/mol. The Bertz CT molecular complexity index is 2090. The van der Waals surface area contributed by atoms with Gasteiger partial charge < -0.3 is 15.3 Å². The number of fused-ring (bicyclic) bond motifs is 3. The summed E-state index contributed by atoms with van der Waals surface area (Å²) in [4.78, 5) is 11.8. The van der Waals surface area contributed by atoms with Gasteiger partial charge in [-0.05, 0) is 66.8 Å². The number of carboxylic acid groups (broad SMARTS) is 1. The van der Waals surface area contributed by atoms with Crippen molar-refractivity contribution in [2.75, 3.05) is 32.1 Å². The van der Waals surface area contributed by atoms with Gasteiger partial charge >= 0.3 is 5.97 Å². The van der Waals surface area contributed by atoms with Crippen molar-refractivity contribution in [3.05, 3.63) is 86.9 Å². The Morgan fingerprint density at radius 2 is 1.68 bits per heavy atom. The van der Waals surface area contributed by atoms with E-state index >= 15 is 0 Å². The fourth-order valence-electron chi connectivity index (χ4n) is 6.69. The van der Waals surface area contributed by atoms with E-state index < -0.39 is 41.4 Å². The zero-order chi connectivity index (χ0) is 34.3. The molecule has 0 saturated heterocycles. The molecule has 0 spiro atoms. The molecule has 0 fully saturated rings. The number of aryl methyl sites for hydroxylation is 1. The number of rotatable bonds is 12. The average molecular weight is 685 g/mol. The number of benzene rings is 3. The van der Waals surface area contributed by atoms with Crippen LogP contribution in [-0.4, -0.2) is 64.2 Å². The molecule has 0 saturated carbocycles. The van der Waals surface area contributed by atoms with Crippen LogP contribution in [0.25, 0.3) is 5.70 Å². The van der Waals surface area contributed by atoms with Crippen LogP contribution in [0.15, 0.2) is 58.3 Å². The lowest BCUT2D eigenvalue weighted by Gasteiger charge is -2.35. The number of nitrogens with one attached hydrogen (secondary N) is 1. The van der Waals surface area contributed by atoms with Gasteiger partial charge in [-0.1, -0.05) is 26.3 Å². The smallest absolute Gasteiger partial charge is 0.303 e. The summed E-state index contributed by atoms with van der Waals surface area (Å²) in [6.07, 6.45) is 4.01. The van der Waals surface area contributed by atoms with E-state index in [0.29, 0.717) is 19.5 Å². The Hall–Kier alpha value is -3.78. The number of aliphatic carboxylic acids is 1. The topological polar surface area (TPSA) is 164 Å². The summed E-state index contributed by atoms with van der Waals surface area (Å²) in [5.74, 6) is -0.787. The predicted octanol–water partition coefficient (Wildman–Crippen LogP) is 2.91. The molecule has 1 aliphatic heterocycles. The minimum atomic E-state index is -4.80. The van der Waals surface area contributed by atoms with Gasteiger partial charge in [0, 0.05) is 78.3 Å². The maximum atomic E-state index is 12.3. The van der Waals surface area contributed by atoms with E-state index in [1.165, 1.54) is 6.07 Å². The summed E-state index contributed by atoms with van der Waals surface area (Å²) in [6.45, 7) is 5.78. The highest BCUT2D eigenvalue weighted by Crippen LogP contribution is 2.39. The van der Waals surface area contributed by atoms with E-state index in [2.05, 4.69) is 54.4 Å². The van der Waals surface area contributed by atoms with Crippen molar-refractivity contribution in [2.45, 2.75) is 74.1 Å². The van der Waals surface area contributed by atoms with Crippen LogP contribution in [0, 0.1) is 0 Å². The molecular formula is C34H42N3O8S2+. The molecule has 0 atom stereocenters. The summed E-state index contributed by atoms with van der Waals surface area (Å²) in [5.41, 5.74) is 6.34. The molecule has 0 bridgehead atoms. The normalized spacial score (nSPS) is 15.4. The number of carboxylic acids is 1. The molecule has 3 aromatic rings. The average Bonchev–Trinajstić information content (AvgIpc) is 2.98. The molecule has 1 heterocycles. The lowest BCUT2D eigenvalue weighted by atomic mass is 9.70. The van der Waals surface area contributed by atoms with E-state index in [0.717, 1.165) is 82.0 Å². The highest BCUT2D eigenvalue weighted by Gasteiger charge is 2.35. The second-order valence-corrected chi connectivity index (χ2v) is 15.8. The molecule has 3 aromatic carbocycles. The first-order valence-corrected chi connectivity index (χ1v) is 18.5. The fraction of sp³-hybridized carbons (Fsp3) is 0.412. The zero-order valence-corrected chi connectivity index (χ0v) is 28.7. The van der Waals surface area contributed by atoms with Gasteiger partial charge in [0.2, 0.25) is 5.36 Å². The molecule has 0 unspecified atom stereocenters. The molecule has 5 rings (SSSR count). The van der Waals surface area contributed by atoms with Crippen molar-refractivity contribution < 1.29 is 35.8 Å². The van der Waals surface area contributed by atoms with Crippen molar-refractivity contribution >= 4 is 37.6 Å². The van der Waals surface area contributed by atoms with Crippen LogP contribution < -0.4 is 25.4 Å². The van der Waals surface area contributed by atoms with Crippen LogP contribution in [0.1, 0.15) is 73.8 Å². The zero-order valence-electron chi connectivity index (χ0n) is 27.1. The number of anilines is 1. The molecule has 1 aliphatic carbocycles. The molecule has 0 amide bonds. The first kappa shape index (κ1) is 34.6. The molecule has 11 nitrogen and oxygen atoms in total. The third-order valence-corrected chi connectivity index (χ3v) is 11.0. The van der Waals surface area contributed by atoms with E-state index in [-0.39, 0.29) is 18.5 Å². The van der Waals surface area contributed by atoms with E-state index in [4.69, 9.17) is 5.11 Å². The van der Waals surface area contributed by atoms with Crippen LogP contribution in [0.3, 0.4) is 0 Å². The van der Waals surface area contributed by atoms with Crippen molar-refractivity contribution in [3.8, 4) is 0 Å². The largest absolute Gasteiger partial charge is 0.481 e. The van der Waals surface area contributed by atoms with Crippen LogP contribution >= 0.6 is 0 Å². The maximum Gasteiger partial charge on any atom is 0.303 e. The third-order valence-electron chi connectivity index (χ3n) is 9.18. The van der Waals surface area contributed by atoms with Crippen LogP contribution in [0.2, 0.25) is 0 Å². The van der Waals surface area contributed by atoms with Gasteiger partial charge in [-0.3, -0.25) is 13.9 Å². The summed E-state index contributed by atoms with van der Waals surface area (Å²) in [7, 11) is -5.47. The Balaban J connectivity index is 1.67. The van der Waals surface area contributed by atoms with Gasteiger partial charge in [0.05, 0.1) is 4.90 Å². The first-order chi connectivity index (χ1) is 22.0. The second-order valence-electron chi connectivity index (χ2n) is 13.0. The molecular weight excluding hydrogens is 643 g/mol. The van der Waals surface area contributed by atoms with Gasteiger partial charge in [-0.25, -0.2) is 4.58 Å². The number of nitrogens with zero attached hydrogens (tertiary/aromatic N) is 2. The number of hydrogen-bond acceptors (Lipinski definition) is 7. The molecule has 0 aromatic heterocycles. The standard InChI is InChI=1S/C34H41N3O8S2/c1-34(2)28-18-24(36(3)4)12-14-26(28)33(35-15-7-5-6-10-32(38)39)27-17-22-9-8-16-37(30(22)20-29(27)34)21-23-11-13-25(46(40,41)42)19-31(23)47(43,44)45/h11-14,17-20H,5-10,15-16,21H2,1-4H3,(H3,38,39,40,41,42,43,44,45)/p+1.